The van der Waals surface area contributed by atoms with Gasteiger partial charge in [0.05, 0.1) is 42.4 Å². The molecule has 2 aromatic heterocycles. The second kappa shape index (κ2) is 15.5. The molecular formula is C31H31F6N7O7S2. The van der Waals surface area contributed by atoms with Crippen LogP contribution in [-0.2, 0) is 38.2 Å². The second-order valence-corrected chi connectivity index (χ2v) is 14.8. The molecule has 1 amide bonds. The average molecular weight is 792 g/mol. The molecule has 4 aromatic rings. The molecule has 0 fully saturated rings. The van der Waals surface area contributed by atoms with E-state index in [4.69, 9.17) is 4.74 Å². The van der Waals surface area contributed by atoms with Gasteiger partial charge >= 0.3 is 18.4 Å². The van der Waals surface area contributed by atoms with Crippen LogP contribution >= 0.6 is 11.8 Å². The number of Topliss-reactive ketones (excluding diaryl/α,β-unsaturated/α-hetero) is 1. The van der Waals surface area contributed by atoms with Crippen LogP contribution in [0.2, 0.25) is 0 Å². The van der Waals surface area contributed by atoms with Crippen molar-refractivity contribution in [2.75, 3.05) is 29.8 Å². The molecule has 4 N–H and O–H groups in total. The number of nitrogens with zero attached hydrogens (tertiary/aromatic N) is 5. The molecule has 1 aliphatic rings. The fourth-order valence-electron chi connectivity index (χ4n) is 5.62. The Balaban J connectivity index is 1.42. The van der Waals surface area contributed by atoms with Gasteiger partial charge in [0, 0.05) is 11.3 Å². The van der Waals surface area contributed by atoms with Crippen LogP contribution in [-0.4, -0.2) is 97.7 Å². The number of aliphatic hydroxyl groups excluding tert-OH is 1. The molecule has 0 spiro atoms. The minimum absolute atomic E-state index is 0.0689. The van der Waals surface area contributed by atoms with Crippen molar-refractivity contribution in [1.82, 2.24) is 29.8 Å². The topological polar surface area (TPSA) is 189 Å². The Hall–Kier alpha value is -4.51. The van der Waals surface area contributed by atoms with Gasteiger partial charge in [0.15, 0.2) is 28.0 Å². The van der Waals surface area contributed by atoms with Gasteiger partial charge in [0.25, 0.3) is 5.60 Å². The summed E-state index contributed by atoms with van der Waals surface area (Å²) in [5.74, 6) is -0.804. The number of ether oxygens (including phenoxy) is 1. The number of hydrogen-bond acceptors (Lipinski definition) is 13. The van der Waals surface area contributed by atoms with Gasteiger partial charge in [-0.25, -0.2) is 33.6 Å². The van der Waals surface area contributed by atoms with Crippen molar-refractivity contribution in [1.29, 1.82) is 0 Å². The number of aromatic nitrogens is 4. The third-order valence-corrected chi connectivity index (χ3v) is 10.7. The van der Waals surface area contributed by atoms with E-state index in [1.807, 2.05) is 0 Å². The summed E-state index contributed by atoms with van der Waals surface area (Å²) in [6, 6.07) is 3.98. The SMILES string of the molecule is CSCC[C@H](NNc1ccc(C(O)(C(F)(F)F)C(F)(F)F)cc1)C(=O)C1c2ccc(S(=O)(=O)CCO)cc2CN1C(=O)OCn1cnc2cncnc21. The highest BCUT2D eigenvalue weighted by Gasteiger charge is 2.71. The van der Waals surface area contributed by atoms with Crippen LogP contribution in [0.25, 0.3) is 11.2 Å². The summed E-state index contributed by atoms with van der Waals surface area (Å²) in [4.78, 5) is 41.0. The Morgan fingerprint density at radius 1 is 1.08 bits per heavy atom. The smallest absolute Gasteiger partial charge is 0.427 e. The third-order valence-electron chi connectivity index (χ3n) is 8.36. The standard InChI is InChI=1S/C31H31F6N7O7S2/c1-52-10-8-23(42-41-20-4-2-19(3-5-20)29(48,30(32,33)34)31(35,36)37)26(46)25-22-7-6-21(53(49,50)11-9-45)12-18(22)14-44(25)28(47)51-17-43-16-40-24-13-38-15-39-27(24)43/h2-7,12-13,15-16,23,25,41-42,45,48H,8-11,14,17H2,1H3/t23-,25?/m0/s1. The first-order chi connectivity index (χ1) is 24.9. The zero-order chi connectivity index (χ0) is 38.8. The number of benzene rings is 2. The lowest BCUT2D eigenvalue weighted by Gasteiger charge is -2.32. The molecule has 2 atom stereocenters. The molecule has 1 unspecified atom stereocenters. The molecule has 3 heterocycles. The largest absolute Gasteiger partial charge is 0.430 e. The lowest BCUT2D eigenvalue weighted by atomic mass is 9.92. The summed E-state index contributed by atoms with van der Waals surface area (Å²) in [6.07, 6.45) is -7.18. The molecule has 53 heavy (non-hydrogen) atoms. The fourth-order valence-corrected chi connectivity index (χ4v) is 7.16. The lowest BCUT2D eigenvalue weighted by Crippen LogP contribution is -2.53. The number of thioether (sulfide) groups is 1. The number of halogens is 6. The number of rotatable bonds is 14. The normalized spacial score (nSPS) is 15.7. The molecule has 5 rings (SSSR count). The van der Waals surface area contributed by atoms with Crippen molar-refractivity contribution in [3.63, 3.8) is 0 Å². The zero-order valence-corrected chi connectivity index (χ0v) is 29.1. The van der Waals surface area contributed by atoms with Crippen LogP contribution in [0.5, 0.6) is 0 Å². The summed E-state index contributed by atoms with van der Waals surface area (Å²) in [6.45, 7) is -1.28. The number of sulfone groups is 1. The van der Waals surface area contributed by atoms with Crippen LogP contribution in [0.15, 0.2) is 66.2 Å². The predicted octanol–water partition coefficient (Wildman–Crippen LogP) is 3.86. The molecule has 1 aliphatic heterocycles. The average Bonchev–Trinajstić information content (AvgIpc) is 3.70. The monoisotopic (exact) mass is 791 g/mol. The van der Waals surface area contributed by atoms with E-state index in [9.17, 15) is 54.6 Å². The third kappa shape index (κ3) is 8.05. The van der Waals surface area contributed by atoms with Gasteiger partial charge in [-0.1, -0.05) is 18.2 Å². The number of aliphatic hydroxyl groups is 2. The Kier molecular flexibility index (Phi) is 11.6. The van der Waals surface area contributed by atoms with Crippen molar-refractivity contribution in [3.05, 3.63) is 78.0 Å². The zero-order valence-electron chi connectivity index (χ0n) is 27.4. The maximum atomic E-state index is 14.3. The van der Waals surface area contributed by atoms with Crippen LogP contribution in [0.3, 0.4) is 0 Å². The van der Waals surface area contributed by atoms with E-state index in [0.717, 1.165) is 17.0 Å². The maximum Gasteiger partial charge on any atom is 0.430 e. The Labute approximate surface area is 301 Å². The number of carbonyl (C=O) groups is 2. The number of imidazole rings is 1. The first-order valence-corrected chi connectivity index (χ1v) is 18.5. The van der Waals surface area contributed by atoms with E-state index in [-0.39, 0.29) is 35.8 Å². The minimum atomic E-state index is -6.08. The summed E-state index contributed by atoms with van der Waals surface area (Å²) in [7, 11) is -3.92. The van der Waals surface area contributed by atoms with Gasteiger partial charge in [-0.05, 0) is 53.8 Å². The molecule has 0 saturated carbocycles. The van der Waals surface area contributed by atoms with Crippen LogP contribution < -0.4 is 10.9 Å². The van der Waals surface area contributed by atoms with E-state index in [1.54, 1.807) is 6.26 Å². The number of hydrogen-bond donors (Lipinski definition) is 4. The number of carbonyl (C=O) groups excluding carboxylic acids is 2. The summed E-state index contributed by atoms with van der Waals surface area (Å²) in [5, 5.41) is 18.9. The first-order valence-electron chi connectivity index (χ1n) is 15.4. The quantitative estimate of drug-likeness (QED) is 0.107. The molecule has 2 aromatic carbocycles. The van der Waals surface area contributed by atoms with E-state index >= 15 is 0 Å². The van der Waals surface area contributed by atoms with Gasteiger partial charge in [0.1, 0.15) is 17.9 Å². The van der Waals surface area contributed by atoms with Crippen molar-refractivity contribution in [2.45, 2.75) is 54.6 Å². The maximum absolute atomic E-state index is 14.3. The predicted molar refractivity (Wildman–Crippen MR) is 177 cm³/mol. The molecular weight excluding hydrogens is 761 g/mol. The first kappa shape index (κ1) is 39.7. The lowest BCUT2D eigenvalue weighted by molar-refractivity contribution is -0.376. The van der Waals surface area contributed by atoms with Crippen molar-refractivity contribution in [3.8, 4) is 0 Å². The van der Waals surface area contributed by atoms with Crippen LogP contribution in [0, 0.1) is 0 Å². The number of fused-ring (bicyclic) bond motifs is 2. The molecule has 286 valence electrons. The molecule has 14 nitrogen and oxygen atoms in total. The van der Waals surface area contributed by atoms with Gasteiger partial charge in [-0.3, -0.25) is 14.3 Å². The van der Waals surface area contributed by atoms with Crippen LogP contribution in [0.4, 0.5) is 36.8 Å². The van der Waals surface area contributed by atoms with Crippen molar-refractivity contribution < 1.29 is 59.3 Å². The fraction of sp³-hybridized carbons (Fsp3) is 0.387. The van der Waals surface area contributed by atoms with E-state index < -0.39 is 69.7 Å². The number of alkyl halides is 6. The van der Waals surface area contributed by atoms with Crippen LogP contribution in [0.1, 0.15) is 29.2 Å². The highest BCUT2D eigenvalue weighted by Crippen LogP contribution is 2.50. The number of anilines is 1. The number of hydrazine groups is 1. The van der Waals surface area contributed by atoms with Gasteiger partial charge in [0.2, 0.25) is 0 Å². The van der Waals surface area contributed by atoms with E-state index in [2.05, 4.69) is 25.8 Å². The van der Waals surface area contributed by atoms with Crippen molar-refractivity contribution in [2.24, 2.45) is 0 Å². The summed E-state index contributed by atoms with van der Waals surface area (Å²) < 4.78 is 113. The highest BCUT2D eigenvalue weighted by atomic mass is 32.2. The number of ketones is 1. The van der Waals surface area contributed by atoms with E-state index in [1.165, 1.54) is 53.4 Å². The second-order valence-electron chi connectivity index (χ2n) is 11.7. The molecule has 0 aliphatic carbocycles. The van der Waals surface area contributed by atoms with Gasteiger partial charge < -0.3 is 20.4 Å². The summed E-state index contributed by atoms with van der Waals surface area (Å²) in [5.41, 5.74) is -0.000184. The Morgan fingerprint density at radius 2 is 1.77 bits per heavy atom. The van der Waals surface area contributed by atoms with Gasteiger partial charge in [-0.15, -0.1) is 0 Å². The minimum Gasteiger partial charge on any atom is -0.427 e. The van der Waals surface area contributed by atoms with Crippen molar-refractivity contribution >= 4 is 50.3 Å². The Bertz CT molecular complexity index is 2050. The summed E-state index contributed by atoms with van der Waals surface area (Å²) >= 11 is 1.36. The molecule has 0 bridgehead atoms. The molecule has 22 heteroatoms. The number of amides is 1. The number of nitrogens with one attached hydrogen (secondary N) is 2. The van der Waals surface area contributed by atoms with E-state index in [0.29, 0.717) is 34.6 Å². The highest BCUT2D eigenvalue weighted by molar-refractivity contribution is 7.98. The molecule has 0 radical (unpaired) electrons. The Morgan fingerprint density at radius 3 is 2.42 bits per heavy atom. The van der Waals surface area contributed by atoms with Gasteiger partial charge in [-0.2, -0.15) is 38.1 Å². The molecule has 0 saturated heterocycles.